The summed E-state index contributed by atoms with van der Waals surface area (Å²) >= 11 is 6.10. The molecular formula is C18H16ClN5. The maximum atomic E-state index is 6.10. The number of nitrogens with zero attached hydrogens (tertiary/aromatic N) is 4. The molecule has 0 aliphatic heterocycles. The normalized spacial score (nSPS) is 12.6. The topological polar surface area (TPSA) is 55.1 Å². The van der Waals surface area contributed by atoms with Crippen molar-refractivity contribution in [3.8, 4) is 0 Å². The molecule has 6 heteroatoms. The van der Waals surface area contributed by atoms with Gasteiger partial charge in [-0.3, -0.25) is 4.40 Å². The van der Waals surface area contributed by atoms with Crippen LogP contribution in [-0.2, 0) is 0 Å². The second-order valence-electron chi connectivity index (χ2n) is 5.81. The number of hydrogen-bond acceptors (Lipinski definition) is 4. The van der Waals surface area contributed by atoms with Crippen molar-refractivity contribution in [2.24, 2.45) is 0 Å². The van der Waals surface area contributed by atoms with Crippen molar-refractivity contribution >= 4 is 34.1 Å². The molecule has 4 rings (SSSR count). The number of nitrogens with one attached hydrogen (secondary N) is 1. The summed E-state index contributed by atoms with van der Waals surface area (Å²) in [4.78, 5) is 4.69. The van der Waals surface area contributed by atoms with Gasteiger partial charge in [0, 0.05) is 11.6 Å². The Kier molecular flexibility index (Phi) is 3.78. The second-order valence-corrected chi connectivity index (χ2v) is 6.25. The summed E-state index contributed by atoms with van der Waals surface area (Å²) in [6.45, 7) is 2.95. The van der Waals surface area contributed by atoms with Gasteiger partial charge in [-0.1, -0.05) is 48.9 Å². The van der Waals surface area contributed by atoms with E-state index in [1.807, 2.05) is 28.7 Å². The van der Waals surface area contributed by atoms with E-state index in [-0.39, 0.29) is 0 Å². The molecule has 2 heterocycles. The molecule has 2 aromatic carbocycles. The highest BCUT2D eigenvalue weighted by Crippen LogP contribution is 2.24. The van der Waals surface area contributed by atoms with Crippen molar-refractivity contribution in [3.63, 3.8) is 0 Å². The van der Waals surface area contributed by atoms with E-state index >= 15 is 0 Å². The lowest BCUT2D eigenvalue weighted by atomic mass is 10.0. The fourth-order valence-corrected chi connectivity index (χ4v) is 2.96. The molecule has 0 saturated heterocycles. The monoisotopic (exact) mass is 337 g/mol. The van der Waals surface area contributed by atoms with Crippen LogP contribution in [0.15, 0.2) is 54.9 Å². The van der Waals surface area contributed by atoms with E-state index in [4.69, 9.17) is 11.6 Å². The Labute approximate surface area is 144 Å². The summed E-state index contributed by atoms with van der Waals surface area (Å²) < 4.78 is 1.91. The van der Waals surface area contributed by atoms with Crippen LogP contribution in [0.4, 0.5) is 5.82 Å². The van der Waals surface area contributed by atoms with Gasteiger partial charge in [0.25, 0.3) is 0 Å². The molecule has 0 bridgehead atoms. The average Bonchev–Trinajstić information content (AvgIpc) is 3.10. The van der Waals surface area contributed by atoms with Crippen molar-refractivity contribution in [1.82, 2.24) is 19.6 Å². The first-order valence-corrected chi connectivity index (χ1v) is 8.18. The highest BCUT2D eigenvalue weighted by molar-refractivity contribution is 6.31. The minimum atomic E-state index is 0.358. The molecule has 2 aromatic heterocycles. The van der Waals surface area contributed by atoms with Gasteiger partial charge in [-0.05, 0) is 29.7 Å². The van der Waals surface area contributed by atoms with Crippen molar-refractivity contribution < 1.29 is 0 Å². The number of fused-ring (bicyclic) bond motifs is 3. The first-order chi connectivity index (χ1) is 11.7. The van der Waals surface area contributed by atoms with E-state index in [9.17, 15) is 0 Å². The largest absolute Gasteiger partial charge is 0.366 e. The van der Waals surface area contributed by atoms with E-state index < -0.39 is 0 Å². The molecule has 0 unspecified atom stereocenters. The summed E-state index contributed by atoms with van der Waals surface area (Å²) in [6, 6.07) is 16.0. The van der Waals surface area contributed by atoms with E-state index in [2.05, 4.69) is 51.7 Å². The molecule has 0 spiro atoms. The fraction of sp³-hybridized carbons (Fsp3) is 0.167. The Balaban J connectivity index is 1.68. The quantitative estimate of drug-likeness (QED) is 0.608. The number of rotatable bonds is 4. The minimum absolute atomic E-state index is 0.358. The molecule has 0 aliphatic carbocycles. The van der Waals surface area contributed by atoms with Crippen LogP contribution < -0.4 is 5.32 Å². The van der Waals surface area contributed by atoms with Crippen LogP contribution in [-0.4, -0.2) is 26.1 Å². The molecule has 1 atom stereocenters. The third kappa shape index (κ3) is 2.67. The first kappa shape index (κ1) is 14.9. The molecule has 0 aliphatic rings. The predicted molar refractivity (Wildman–Crippen MR) is 96.6 cm³/mol. The van der Waals surface area contributed by atoms with Gasteiger partial charge in [0.1, 0.15) is 6.33 Å². The van der Waals surface area contributed by atoms with Gasteiger partial charge in [-0.2, -0.15) is 0 Å². The van der Waals surface area contributed by atoms with Gasteiger partial charge >= 0.3 is 0 Å². The highest BCUT2D eigenvalue weighted by Gasteiger charge is 2.12. The third-order valence-electron chi connectivity index (χ3n) is 4.13. The SMILES string of the molecule is C[C@@H](CNc1nc2ccc(Cl)cc2n2cnnc12)c1ccccc1. The standard InChI is InChI=1S/C18H16ClN5/c1-12(13-5-3-2-4-6-13)10-20-17-18-23-21-11-24(18)16-9-14(19)7-8-15(16)22-17/h2-9,11-12H,10H2,1H3,(H,20,22)/t12-/m0/s1. The van der Waals surface area contributed by atoms with E-state index in [1.165, 1.54) is 5.56 Å². The smallest absolute Gasteiger partial charge is 0.203 e. The van der Waals surface area contributed by atoms with Crippen LogP contribution >= 0.6 is 11.6 Å². The zero-order chi connectivity index (χ0) is 16.5. The number of hydrogen-bond donors (Lipinski definition) is 1. The van der Waals surface area contributed by atoms with E-state index in [0.29, 0.717) is 16.6 Å². The molecule has 1 N–H and O–H groups in total. The van der Waals surface area contributed by atoms with Gasteiger partial charge in [-0.15, -0.1) is 10.2 Å². The highest BCUT2D eigenvalue weighted by atomic mass is 35.5. The van der Waals surface area contributed by atoms with Crippen LogP contribution in [0.25, 0.3) is 16.7 Å². The lowest BCUT2D eigenvalue weighted by Crippen LogP contribution is -2.12. The molecule has 0 fully saturated rings. The number of aromatic nitrogens is 4. The van der Waals surface area contributed by atoms with Crippen LogP contribution in [0, 0.1) is 0 Å². The van der Waals surface area contributed by atoms with Crippen LogP contribution in [0.1, 0.15) is 18.4 Å². The first-order valence-electron chi connectivity index (χ1n) is 7.80. The van der Waals surface area contributed by atoms with Crippen molar-refractivity contribution in [2.45, 2.75) is 12.8 Å². The van der Waals surface area contributed by atoms with Gasteiger partial charge in [0.05, 0.1) is 11.0 Å². The van der Waals surface area contributed by atoms with Gasteiger partial charge < -0.3 is 5.32 Å². The number of halogens is 1. The molecule has 4 aromatic rings. The number of benzene rings is 2. The Morgan fingerprint density at radius 2 is 2.00 bits per heavy atom. The van der Waals surface area contributed by atoms with Gasteiger partial charge in [0.15, 0.2) is 5.82 Å². The molecule has 0 saturated carbocycles. The third-order valence-corrected chi connectivity index (χ3v) is 4.37. The van der Waals surface area contributed by atoms with Crippen molar-refractivity contribution in [1.29, 1.82) is 0 Å². The Bertz CT molecular complexity index is 996. The maximum absolute atomic E-state index is 6.10. The summed E-state index contributed by atoms with van der Waals surface area (Å²) in [6.07, 6.45) is 1.68. The Morgan fingerprint density at radius 3 is 2.83 bits per heavy atom. The minimum Gasteiger partial charge on any atom is -0.366 e. The summed E-state index contributed by atoms with van der Waals surface area (Å²) in [5, 5.41) is 12.3. The average molecular weight is 338 g/mol. The molecular weight excluding hydrogens is 322 g/mol. The van der Waals surface area contributed by atoms with Crippen molar-refractivity contribution in [2.75, 3.05) is 11.9 Å². The van der Waals surface area contributed by atoms with Crippen LogP contribution in [0.2, 0.25) is 5.02 Å². The maximum Gasteiger partial charge on any atom is 0.203 e. The number of anilines is 1. The lowest BCUT2D eigenvalue weighted by molar-refractivity contribution is 0.802. The second kappa shape index (κ2) is 6.09. The van der Waals surface area contributed by atoms with Crippen LogP contribution in [0.5, 0.6) is 0 Å². The zero-order valence-electron chi connectivity index (χ0n) is 13.1. The van der Waals surface area contributed by atoms with Crippen LogP contribution in [0.3, 0.4) is 0 Å². The van der Waals surface area contributed by atoms with E-state index in [0.717, 1.165) is 23.4 Å². The predicted octanol–water partition coefficient (Wildman–Crippen LogP) is 4.15. The fourth-order valence-electron chi connectivity index (χ4n) is 2.80. The molecule has 24 heavy (non-hydrogen) atoms. The Morgan fingerprint density at radius 1 is 1.17 bits per heavy atom. The lowest BCUT2D eigenvalue weighted by Gasteiger charge is -2.14. The summed E-state index contributed by atoms with van der Waals surface area (Å²) in [7, 11) is 0. The van der Waals surface area contributed by atoms with Gasteiger partial charge in [-0.25, -0.2) is 4.98 Å². The Hall–Kier alpha value is -2.66. The van der Waals surface area contributed by atoms with E-state index in [1.54, 1.807) is 6.33 Å². The zero-order valence-corrected chi connectivity index (χ0v) is 13.9. The molecule has 0 radical (unpaired) electrons. The van der Waals surface area contributed by atoms with Crippen molar-refractivity contribution in [3.05, 3.63) is 65.4 Å². The molecule has 120 valence electrons. The van der Waals surface area contributed by atoms with Gasteiger partial charge in [0.2, 0.25) is 5.65 Å². The summed E-state index contributed by atoms with van der Waals surface area (Å²) in [5.41, 5.74) is 3.73. The molecule has 5 nitrogen and oxygen atoms in total. The summed E-state index contributed by atoms with van der Waals surface area (Å²) in [5.74, 6) is 1.09. The molecule has 0 amide bonds.